The second kappa shape index (κ2) is 5.88. The fourth-order valence-electron chi connectivity index (χ4n) is 3.83. The highest BCUT2D eigenvalue weighted by Gasteiger charge is 2.27. The first-order valence-corrected chi connectivity index (χ1v) is 8.47. The van der Waals surface area contributed by atoms with Crippen molar-refractivity contribution in [3.05, 3.63) is 4.77 Å². The summed E-state index contributed by atoms with van der Waals surface area (Å²) in [6, 6.07) is 1.18. The van der Waals surface area contributed by atoms with Gasteiger partial charge in [-0.2, -0.15) is 0 Å². The Kier molecular flexibility index (Phi) is 4.15. The molecule has 4 nitrogen and oxygen atoms in total. The summed E-state index contributed by atoms with van der Waals surface area (Å²) < 4.78 is 3.07. The molecule has 2 aliphatic rings. The normalized spacial score (nSPS) is 27.9. The SMILES string of the molecule is CC1CCC(N(C)c2n[nH]c(=S)n2C2CCCC2)CC1. The van der Waals surface area contributed by atoms with Crippen molar-refractivity contribution in [1.82, 2.24) is 14.8 Å². The minimum atomic E-state index is 0.557. The first kappa shape index (κ1) is 14.1. The minimum Gasteiger partial charge on any atom is -0.341 e. The van der Waals surface area contributed by atoms with Crippen LogP contribution in [0.4, 0.5) is 5.95 Å². The molecule has 2 saturated carbocycles. The fraction of sp³-hybridized carbons (Fsp3) is 0.867. The Hall–Kier alpha value is -0.840. The molecule has 0 atom stereocenters. The molecule has 0 bridgehead atoms. The Morgan fingerprint density at radius 3 is 2.45 bits per heavy atom. The first-order chi connectivity index (χ1) is 9.66. The van der Waals surface area contributed by atoms with Crippen molar-refractivity contribution in [2.24, 2.45) is 5.92 Å². The van der Waals surface area contributed by atoms with E-state index in [0.717, 1.165) is 16.6 Å². The van der Waals surface area contributed by atoms with Gasteiger partial charge in [-0.25, -0.2) is 5.10 Å². The van der Waals surface area contributed by atoms with Gasteiger partial charge < -0.3 is 4.90 Å². The van der Waals surface area contributed by atoms with Crippen LogP contribution in [-0.2, 0) is 0 Å². The van der Waals surface area contributed by atoms with Crippen molar-refractivity contribution >= 4 is 18.2 Å². The maximum Gasteiger partial charge on any atom is 0.225 e. The predicted octanol–water partition coefficient (Wildman–Crippen LogP) is 4.07. The molecule has 1 aromatic heterocycles. The largest absolute Gasteiger partial charge is 0.341 e. The molecule has 2 fully saturated rings. The average Bonchev–Trinajstić information content (AvgIpc) is 3.07. The van der Waals surface area contributed by atoms with Crippen LogP contribution in [0.5, 0.6) is 0 Å². The van der Waals surface area contributed by atoms with E-state index in [1.165, 1.54) is 51.4 Å². The highest BCUT2D eigenvalue weighted by molar-refractivity contribution is 7.71. The Balaban J connectivity index is 1.81. The molecular weight excluding hydrogens is 268 g/mol. The maximum absolute atomic E-state index is 5.47. The molecule has 5 heteroatoms. The molecule has 3 rings (SSSR count). The van der Waals surface area contributed by atoms with Crippen LogP contribution in [0, 0.1) is 10.7 Å². The van der Waals surface area contributed by atoms with E-state index >= 15 is 0 Å². The summed E-state index contributed by atoms with van der Waals surface area (Å²) >= 11 is 5.47. The summed E-state index contributed by atoms with van der Waals surface area (Å²) in [7, 11) is 2.19. The summed E-state index contributed by atoms with van der Waals surface area (Å²) in [5.41, 5.74) is 0. The lowest BCUT2D eigenvalue weighted by Crippen LogP contribution is -2.36. The summed E-state index contributed by atoms with van der Waals surface area (Å²) in [6.45, 7) is 2.37. The molecular formula is C15H26N4S. The van der Waals surface area contributed by atoms with Crippen LogP contribution in [0.25, 0.3) is 0 Å². The number of hydrogen-bond donors (Lipinski definition) is 1. The zero-order valence-corrected chi connectivity index (χ0v) is 13.5. The van der Waals surface area contributed by atoms with Gasteiger partial charge in [0.1, 0.15) is 0 Å². The number of anilines is 1. The number of rotatable bonds is 3. The fourth-order valence-corrected chi connectivity index (χ4v) is 4.11. The van der Waals surface area contributed by atoms with E-state index in [-0.39, 0.29) is 0 Å². The van der Waals surface area contributed by atoms with Crippen LogP contribution in [0.1, 0.15) is 64.3 Å². The molecule has 2 aliphatic carbocycles. The van der Waals surface area contributed by atoms with Gasteiger partial charge in [-0.05, 0) is 56.7 Å². The maximum atomic E-state index is 5.47. The zero-order chi connectivity index (χ0) is 14.1. The van der Waals surface area contributed by atoms with Gasteiger partial charge in [0, 0.05) is 19.1 Å². The molecule has 1 aromatic rings. The van der Waals surface area contributed by atoms with Gasteiger partial charge >= 0.3 is 0 Å². The van der Waals surface area contributed by atoms with Crippen molar-refractivity contribution < 1.29 is 0 Å². The van der Waals surface area contributed by atoms with E-state index in [4.69, 9.17) is 12.2 Å². The molecule has 1 N–H and O–H groups in total. The molecule has 1 heterocycles. The van der Waals surface area contributed by atoms with Crippen molar-refractivity contribution in [3.8, 4) is 0 Å². The third kappa shape index (κ3) is 2.65. The Morgan fingerprint density at radius 1 is 1.15 bits per heavy atom. The van der Waals surface area contributed by atoms with Crippen LogP contribution in [0.15, 0.2) is 0 Å². The van der Waals surface area contributed by atoms with Crippen LogP contribution in [-0.4, -0.2) is 27.9 Å². The molecule has 0 aromatic carbocycles. The summed E-state index contributed by atoms with van der Waals surface area (Å²) in [6.07, 6.45) is 10.4. The lowest BCUT2D eigenvalue weighted by molar-refractivity contribution is 0.336. The van der Waals surface area contributed by atoms with Gasteiger partial charge in [0.2, 0.25) is 5.95 Å². The summed E-state index contributed by atoms with van der Waals surface area (Å²) in [5, 5.41) is 7.54. The van der Waals surface area contributed by atoms with Gasteiger partial charge in [0.15, 0.2) is 4.77 Å². The van der Waals surface area contributed by atoms with Crippen molar-refractivity contribution in [1.29, 1.82) is 0 Å². The molecule has 0 aliphatic heterocycles. The zero-order valence-electron chi connectivity index (χ0n) is 12.6. The lowest BCUT2D eigenvalue weighted by atomic mass is 9.87. The Morgan fingerprint density at radius 2 is 1.80 bits per heavy atom. The van der Waals surface area contributed by atoms with Crippen LogP contribution in [0.2, 0.25) is 0 Å². The average molecular weight is 294 g/mol. The van der Waals surface area contributed by atoms with Crippen molar-refractivity contribution in [2.75, 3.05) is 11.9 Å². The van der Waals surface area contributed by atoms with E-state index in [2.05, 4.69) is 33.6 Å². The molecule has 0 radical (unpaired) electrons. The van der Waals surface area contributed by atoms with Crippen LogP contribution in [0.3, 0.4) is 0 Å². The quantitative estimate of drug-likeness (QED) is 0.854. The molecule has 0 spiro atoms. The van der Waals surface area contributed by atoms with Gasteiger partial charge in [-0.15, -0.1) is 5.10 Å². The van der Waals surface area contributed by atoms with Gasteiger partial charge in [0.25, 0.3) is 0 Å². The Labute approximate surface area is 126 Å². The molecule has 0 unspecified atom stereocenters. The molecule has 0 amide bonds. The van der Waals surface area contributed by atoms with Crippen molar-refractivity contribution in [3.63, 3.8) is 0 Å². The number of hydrogen-bond acceptors (Lipinski definition) is 3. The molecule has 112 valence electrons. The van der Waals surface area contributed by atoms with E-state index in [9.17, 15) is 0 Å². The Bertz CT molecular complexity index is 492. The van der Waals surface area contributed by atoms with E-state index in [1.54, 1.807) is 0 Å². The number of nitrogens with one attached hydrogen (secondary N) is 1. The highest BCUT2D eigenvalue weighted by atomic mass is 32.1. The lowest BCUT2D eigenvalue weighted by Gasteiger charge is -2.34. The van der Waals surface area contributed by atoms with Crippen LogP contribution >= 0.6 is 12.2 Å². The van der Waals surface area contributed by atoms with E-state index < -0.39 is 0 Å². The monoisotopic (exact) mass is 294 g/mol. The second-order valence-electron chi connectivity index (χ2n) is 6.66. The smallest absolute Gasteiger partial charge is 0.225 e. The van der Waals surface area contributed by atoms with Gasteiger partial charge in [-0.3, -0.25) is 4.57 Å². The third-order valence-electron chi connectivity index (χ3n) is 5.22. The topological polar surface area (TPSA) is 36.9 Å². The number of aromatic amines is 1. The first-order valence-electron chi connectivity index (χ1n) is 8.06. The van der Waals surface area contributed by atoms with Gasteiger partial charge in [0.05, 0.1) is 0 Å². The number of nitrogens with zero attached hydrogens (tertiary/aromatic N) is 3. The van der Waals surface area contributed by atoms with Gasteiger partial charge in [-0.1, -0.05) is 19.8 Å². The van der Waals surface area contributed by atoms with Crippen molar-refractivity contribution in [2.45, 2.75) is 70.4 Å². The molecule has 0 saturated heterocycles. The minimum absolute atomic E-state index is 0.557. The molecule has 20 heavy (non-hydrogen) atoms. The summed E-state index contributed by atoms with van der Waals surface area (Å²) in [5.74, 6) is 1.94. The number of aromatic nitrogens is 3. The second-order valence-corrected chi connectivity index (χ2v) is 7.05. The van der Waals surface area contributed by atoms with Crippen LogP contribution < -0.4 is 4.90 Å². The third-order valence-corrected chi connectivity index (χ3v) is 5.51. The van der Waals surface area contributed by atoms with E-state index in [1.807, 2.05) is 0 Å². The highest BCUT2D eigenvalue weighted by Crippen LogP contribution is 2.34. The predicted molar refractivity (Wildman–Crippen MR) is 84.7 cm³/mol. The van der Waals surface area contributed by atoms with E-state index in [0.29, 0.717) is 12.1 Å². The number of H-pyrrole nitrogens is 1. The summed E-state index contributed by atoms with van der Waals surface area (Å²) in [4.78, 5) is 2.37. The standard InChI is InChI=1S/C15H26N4S/c1-11-7-9-12(10-8-11)18(2)14-16-17-15(20)19(14)13-5-3-4-6-13/h11-13H,3-10H2,1-2H3,(H,17,20).